The Labute approximate surface area is 111 Å². The van der Waals surface area contributed by atoms with E-state index in [1.165, 1.54) is 22.2 Å². The Bertz CT molecular complexity index is 590. The zero-order chi connectivity index (χ0) is 12.5. The van der Waals surface area contributed by atoms with Crippen LogP contribution in [0.15, 0.2) is 24.3 Å². The van der Waals surface area contributed by atoms with E-state index in [4.69, 9.17) is 11.6 Å². The number of halogens is 1. The number of aromatic amines is 1. The summed E-state index contributed by atoms with van der Waals surface area (Å²) in [6.07, 6.45) is 1.79. The van der Waals surface area contributed by atoms with Crippen molar-refractivity contribution in [2.24, 2.45) is 0 Å². The van der Waals surface area contributed by atoms with E-state index < -0.39 is 0 Å². The summed E-state index contributed by atoms with van der Waals surface area (Å²) in [5.41, 5.74) is 3.82. The molecule has 0 spiro atoms. The molecule has 1 aromatic carbocycles. The SMILES string of the molecule is O=C(CCl)N1CCc2[nH]c3ccccc3c2CC1. The van der Waals surface area contributed by atoms with Gasteiger partial charge in [-0.05, 0) is 18.1 Å². The van der Waals surface area contributed by atoms with Crippen LogP contribution in [0.2, 0.25) is 0 Å². The Balaban J connectivity index is 1.93. The highest BCUT2D eigenvalue weighted by atomic mass is 35.5. The lowest BCUT2D eigenvalue weighted by atomic mass is 10.1. The van der Waals surface area contributed by atoms with Crippen LogP contribution < -0.4 is 0 Å². The molecule has 0 aliphatic carbocycles. The van der Waals surface area contributed by atoms with E-state index in [-0.39, 0.29) is 11.8 Å². The van der Waals surface area contributed by atoms with Crippen LogP contribution in [0, 0.1) is 0 Å². The van der Waals surface area contributed by atoms with Crippen molar-refractivity contribution < 1.29 is 4.79 Å². The first kappa shape index (κ1) is 11.6. The molecule has 3 nitrogen and oxygen atoms in total. The van der Waals surface area contributed by atoms with Crippen molar-refractivity contribution in [3.63, 3.8) is 0 Å². The molecule has 1 N–H and O–H groups in total. The van der Waals surface area contributed by atoms with Crippen molar-refractivity contribution in [3.8, 4) is 0 Å². The molecule has 0 radical (unpaired) electrons. The maximum atomic E-state index is 11.6. The van der Waals surface area contributed by atoms with Crippen molar-refractivity contribution in [2.75, 3.05) is 19.0 Å². The molecule has 0 bridgehead atoms. The number of carbonyl (C=O) groups excluding carboxylic acids is 1. The van der Waals surface area contributed by atoms with Gasteiger partial charge in [-0.15, -0.1) is 11.6 Å². The molecular formula is C14H15ClN2O. The minimum Gasteiger partial charge on any atom is -0.358 e. The normalized spacial score (nSPS) is 15.5. The van der Waals surface area contributed by atoms with Crippen molar-refractivity contribution in [2.45, 2.75) is 12.8 Å². The molecule has 4 heteroatoms. The monoisotopic (exact) mass is 262 g/mol. The largest absolute Gasteiger partial charge is 0.358 e. The van der Waals surface area contributed by atoms with Gasteiger partial charge in [0.2, 0.25) is 5.91 Å². The number of alkyl halides is 1. The third-order valence-corrected chi connectivity index (χ3v) is 3.86. The molecule has 0 saturated carbocycles. The summed E-state index contributed by atoms with van der Waals surface area (Å²) in [5.74, 6) is 0.112. The fourth-order valence-corrected chi connectivity index (χ4v) is 2.86. The lowest BCUT2D eigenvalue weighted by Crippen LogP contribution is -2.34. The van der Waals surface area contributed by atoms with Gasteiger partial charge in [0, 0.05) is 36.1 Å². The van der Waals surface area contributed by atoms with Gasteiger partial charge in [-0.2, -0.15) is 0 Å². The molecule has 1 aromatic heterocycles. The van der Waals surface area contributed by atoms with Gasteiger partial charge in [0.1, 0.15) is 5.88 Å². The number of nitrogens with zero attached hydrogens (tertiary/aromatic N) is 1. The second kappa shape index (κ2) is 4.65. The average molecular weight is 263 g/mol. The number of carbonyl (C=O) groups is 1. The highest BCUT2D eigenvalue weighted by Crippen LogP contribution is 2.25. The van der Waals surface area contributed by atoms with Gasteiger partial charge < -0.3 is 9.88 Å². The van der Waals surface area contributed by atoms with Gasteiger partial charge >= 0.3 is 0 Å². The third kappa shape index (κ3) is 1.89. The second-order valence-electron chi connectivity index (χ2n) is 4.64. The number of fused-ring (bicyclic) bond motifs is 3. The lowest BCUT2D eigenvalue weighted by Gasteiger charge is -2.18. The summed E-state index contributed by atoms with van der Waals surface area (Å²) < 4.78 is 0. The van der Waals surface area contributed by atoms with Crippen LogP contribution >= 0.6 is 11.6 Å². The van der Waals surface area contributed by atoms with Gasteiger partial charge in [0.05, 0.1) is 0 Å². The Kier molecular flexibility index (Phi) is 3.00. The molecule has 18 heavy (non-hydrogen) atoms. The number of H-pyrrole nitrogens is 1. The topological polar surface area (TPSA) is 36.1 Å². The van der Waals surface area contributed by atoms with E-state index in [1.54, 1.807) is 0 Å². The van der Waals surface area contributed by atoms with Crippen molar-refractivity contribution in [1.29, 1.82) is 0 Å². The van der Waals surface area contributed by atoms with Crippen molar-refractivity contribution in [1.82, 2.24) is 9.88 Å². The van der Waals surface area contributed by atoms with Crippen LogP contribution in [0.3, 0.4) is 0 Å². The van der Waals surface area contributed by atoms with Gasteiger partial charge in [-0.3, -0.25) is 4.79 Å². The maximum Gasteiger partial charge on any atom is 0.237 e. The van der Waals surface area contributed by atoms with E-state index in [0.717, 1.165) is 25.9 Å². The zero-order valence-corrected chi connectivity index (χ0v) is 10.8. The van der Waals surface area contributed by atoms with Gasteiger partial charge in [0.15, 0.2) is 0 Å². The summed E-state index contributed by atoms with van der Waals surface area (Å²) in [6.45, 7) is 1.52. The Morgan fingerprint density at radius 2 is 2.06 bits per heavy atom. The molecule has 1 aliphatic heterocycles. The lowest BCUT2D eigenvalue weighted by molar-refractivity contribution is -0.128. The molecule has 1 amide bonds. The Morgan fingerprint density at radius 3 is 2.89 bits per heavy atom. The van der Waals surface area contributed by atoms with Gasteiger partial charge in [0.25, 0.3) is 0 Å². The summed E-state index contributed by atoms with van der Waals surface area (Å²) in [4.78, 5) is 17.0. The molecule has 2 heterocycles. The quantitative estimate of drug-likeness (QED) is 0.787. The molecule has 0 saturated heterocycles. The van der Waals surface area contributed by atoms with Crippen LogP contribution in [-0.2, 0) is 17.6 Å². The second-order valence-corrected chi connectivity index (χ2v) is 4.91. The average Bonchev–Trinajstić information content (AvgIpc) is 2.63. The van der Waals surface area contributed by atoms with E-state index in [0.29, 0.717) is 0 Å². The number of amides is 1. The predicted molar refractivity (Wildman–Crippen MR) is 73.0 cm³/mol. The minimum absolute atomic E-state index is 0.0334. The molecule has 1 aliphatic rings. The molecule has 2 aromatic rings. The fraction of sp³-hybridized carbons (Fsp3) is 0.357. The first-order valence-corrected chi connectivity index (χ1v) is 6.75. The number of rotatable bonds is 1. The van der Waals surface area contributed by atoms with Crippen LogP contribution in [0.4, 0.5) is 0 Å². The minimum atomic E-state index is 0.0334. The summed E-state index contributed by atoms with van der Waals surface area (Å²) in [5, 5.41) is 1.28. The molecule has 0 unspecified atom stereocenters. The molecular weight excluding hydrogens is 248 g/mol. The number of benzene rings is 1. The zero-order valence-electron chi connectivity index (χ0n) is 10.1. The number of aromatic nitrogens is 1. The maximum absolute atomic E-state index is 11.6. The van der Waals surface area contributed by atoms with E-state index >= 15 is 0 Å². The fourth-order valence-electron chi connectivity index (χ4n) is 2.69. The van der Waals surface area contributed by atoms with Crippen molar-refractivity contribution in [3.05, 3.63) is 35.5 Å². The van der Waals surface area contributed by atoms with E-state index in [9.17, 15) is 4.79 Å². The van der Waals surface area contributed by atoms with E-state index in [2.05, 4.69) is 23.2 Å². The van der Waals surface area contributed by atoms with Crippen LogP contribution in [0.5, 0.6) is 0 Å². The molecule has 0 atom stereocenters. The Morgan fingerprint density at radius 1 is 1.28 bits per heavy atom. The Hall–Kier alpha value is -1.48. The molecule has 3 rings (SSSR count). The number of nitrogens with one attached hydrogen (secondary N) is 1. The molecule has 94 valence electrons. The summed E-state index contributed by atoms with van der Waals surface area (Å²) in [6, 6.07) is 8.35. The molecule has 0 fully saturated rings. The third-order valence-electron chi connectivity index (χ3n) is 3.63. The van der Waals surface area contributed by atoms with Gasteiger partial charge in [-0.1, -0.05) is 18.2 Å². The van der Waals surface area contributed by atoms with Crippen LogP contribution in [-0.4, -0.2) is 34.8 Å². The summed E-state index contributed by atoms with van der Waals surface area (Å²) in [7, 11) is 0. The van der Waals surface area contributed by atoms with Crippen LogP contribution in [0.1, 0.15) is 11.3 Å². The van der Waals surface area contributed by atoms with E-state index in [1.807, 2.05) is 11.0 Å². The number of para-hydroxylation sites is 1. The highest BCUT2D eigenvalue weighted by molar-refractivity contribution is 6.27. The predicted octanol–water partition coefficient (Wildman–Crippen LogP) is 2.33. The standard InChI is InChI=1S/C14H15ClN2O/c15-9-14(18)17-7-5-11-10-3-1-2-4-12(10)16-13(11)6-8-17/h1-4,16H,5-9H2. The highest BCUT2D eigenvalue weighted by Gasteiger charge is 2.20. The van der Waals surface area contributed by atoms with Crippen molar-refractivity contribution >= 4 is 28.4 Å². The first-order chi connectivity index (χ1) is 8.79. The number of hydrogen-bond donors (Lipinski definition) is 1. The first-order valence-electron chi connectivity index (χ1n) is 6.22. The smallest absolute Gasteiger partial charge is 0.237 e. The van der Waals surface area contributed by atoms with Gasteiger partial charge in [-0.25, -0.2) is 0 Å². The van der Waals surface area contributed by atoms with Crippen LogP contribution in [0.25, 0.3) is 10.9 Å². The summed E-state index contributed by atoms with van der Waals surface area (Å²) >= 11 is 5.62. The number of hydrogen-bond acceptors (Lipinski definition) is 1.